The van der Waals surface area contributed by atoms with Gasteiger partial charge in [0.25, 0.3) is 0 Å². The van der Waals surface area contributed by atoms with Crippen LogP contribution in [0.5, 0.6) is 0 Å². The van der Waals surface area contributed by atoms with Gasteiger partial charge in [-0.25, -0.2) is 9.59 Å². The number of carbonyl (C=O) groups is 2. The summed E-state index contributed by atoms with van der Waals surface area (Å²) in [5, 5.41) is 0. The van der Waals surface area contributed by atoms with Gasteiger partial charge in [-0.3, -0.25) is 0 Å². The van der Waals surface area contributed by atoms with Crippen molar-refractivity contribution in [1.82, 2.24) is 0 Å². The minimum atomic E-state index is -4.44. The molecule has 11 nitrogen and oxygen atoms in total. The Hall–Kier alpha value is -0.160. The summed E-state index contributed by atoms with van der Waals surface area (Å²) in [7, 11) is -8.87. The summed E-state index contributed by atoms with van der Waals surface area (Å²) in [5.74, 6) is 0. The highest BCUT2D eigenvalue weighted by atomic mass is 31.2. The third kappa shape index (κ3) is 12.9. The molecule has 0 fully saturated rings. The van der Waals surface area contributed by atoms with Gasteiger partial charge in [0.1, 0.15) is 0 Å². The Morgan fingerprint density at radius 3 is 1.09 bits per heavy atom. The zero-order chi connectivity index (χ0) is 17.9. The second-order valence-electron chi connectivity index (χ2n) is 4.26. The first-order chi connectivity index (χ1) is 10.5. The minimum absolute atomic E-state index is 0.0847. The van der Waals surface area contributed by atoms with Crippen LogP contribution in [0.25, 0.3) is 0 Å². The van der Waals surface area contributed by atoms with Crippen molar-refractivity contribution >= 4 is 26.9 Å². The van der Waals surface area contributed by atoms with E-state index in [9.17, 15) is 9.59 Å². The van der Waals surface area contributed by atoms with Gasteiger partial charge in [-0.15, -0.1) is 0 Å². The third-order valence-electron chi connectivity index (χ3n) is 2.33. The molecule has 0 aliphatic heterocycles. The molecule has 0 saturated carbocycles. The van der Waals surface area contributed by atoms with E-state index in [4.69, 9.17) is 43.6 Å². The van der Waals surface area contributed by atoms with Crippen molar-refractivity contribution in [2.75, 3.05) is 39.6 Å². The van der Waals surface area contributed by atoms with E-state index < -0.39 is 26.9 Å². The molecule has 23 heavy (non-hydrogen) atoms. The summed E-state index contributed by atoms with van der Waals surface area (Å²) in [4.78, 5) is 73.6. The smallest absolute Gasteiger partial charge is 0.378 e. The molecule has 0 aliphatic rings. The van der Waals surface area contributed by atoms with E-state index in [1.165, 1.54) is 0 Å². The molecular formula is C10H22O11P2+2. The molecule has 0 saturated heterocycles. The molecule has 0 rings (SSSR count). The van der Waals surface area contributed by atoms with E-state index in [0.29, 0.717) is 0 Å². The van der Waals surface area contributed by atoms with Gasteiger partial charge < -0.3 is 14.2 Å². The summed E-state index contributed by atoms with van der Waals surface area (Å²) in [6.45, 7) is 0.495. The van der Waals surface area contributed by atoms with Gasteiger partial charge in [-0.1, -0.05) is 0 Å². The first-order valence-corrected chi connectivity index (χ1v) is 9.79. The Morgan fingerprint density at radius 2 is 0.826 bits per heavy atom. The molecule has 0 aromatic carbocycles. The van der Waals surface area contributed by atoms with Gasteiger partial charge in [0, 0.05) is 0 Å². The van der Waals surface area contributed by atoms with Crippen LogP contribution in [0.15, 0.2) is 0 Å². The molecule has 0 bridgehead atoms. The van der Waals surface area contributed by atoms with Crippen LogP contribution in [0.2, 0.25) is 0 Å². The molecule has 0 atom stereocenters. The van der Waals surface area contributed by atoms with Crippen LogP contribution < -0.4 is 0 Å². The molecule has 0 amide bonds. The van der Waals surface area contributed by atoms with E-state index in [-0.39, 0.29) is 52.5 Å². The molecule has 6 N–H and O–H groups in total. The molecule has 0 aliphatic carbocycles. The van der Waals surface area contributed by atoms with E-state index in [1.807, 2.05) is 0 Å². The molecule has 0 radical (unpaired) electrons. The average Bonchev–Trinajstić information content (AvgIpc) is 2.42. The van der Waals surface area contributed by atoms with Crippen molar-refractivity contribution in [1.29, 1.82) is 0 Å². The topological polar surface area (TPSA) is 183 Å². The van der Waals surface area contributed by atoms with Crippen molar-refractivity contribution in [3.05, 3.63) is 0 Å². The van der Waals surface area contributed by atoms with Gasteiger partial charge in [0.15, 0.2) is 0 Å². The molecule has 0 unspecified atom stereocenters. The largest absolute Gasteiger partial charge is 0.478 e. The van der Waals surface area contributed by atoms with E-state index in [2.05, 4.69) is 0 Å². The van der Waals surface area contributed by atoms with Crippen LogP contribution in [0.4, 0.5) is 0 Å². The third-order valence-corrected chi connectivity index (χ3v) is 4.12. The maximum absolute atomic E-state index is 10.9. The lowest BCUT2D eigenvalue weighted by atomic mass is 10.5. The summed E-state index contributed by atoms with van der Waals surface area (Å²) in [5.41, 5.74) is -2.14. The van der Waals surface area contributed by atoms with Gasteiger partial charge in [-0.05, 0) is 0 Å². The highest BCUT2D eigenvalue weighted by Gasteiger charge is 2.42. The molecule has 0 aromatic rings. The summed E-state index contributed by atoms with van der Waals surface area (Å²) >= 11 is 0. The lowest BCUT2D eigenvalue weighted by Crippen LogP contribution is -2.13. The normalized spacial score (nSPS) is 12.4. The first kappa shape index (κ1) is 22.8. The lowest BCUT2D eigenvalue weighted by molar-refractivity contribution is -0.115. The average molecular weight is 380 g/mol. The van der Waals surface area contributed by atoms with Gasteiger partial charge in [0.05, 0.1) is 52.5 Å². The highest BCUT2D eigenvalue weighted by molar-refractivity contribution is 7.76. The van der Waals surface area contributed by atoms with Crippen LogP contribution >= 0.6 is 15.9 Å². The SMILES string of the molecule is O=C(CCOCCOCCOCCC(=O)[P+](O)(O)O)[P+](O)(O)O. The second-order valence-corrected chi connectivity index (χ2v) is 7.53. The van der Waals surface area contributed by atoms with Crippen molar-refractivity contribution in [3.63, 3.8) is 0 Å². The minimum Gasteiger partial charge on any atom is -0.378 e. The van der Waals surface area contributed by atoms with Gasteiger partial charge in [0.2, 0.25) is 0 Å². The number of carbonyl (C=O) groups excluding carboxylic acids is 2. The number of hydrogen-bond donors (Lipinski definition) is 6. The fourth-order valence-corrected chi connectivity index (χ4v) is 1.94. The van der Waals surface area contributed by atoms with E-state index in [1.54, 1.807) is 0 Å². The molecule has 0 spiro atoms. The quantitative estimate of drug-likeness (QED) is 0.150. The van der Waals surface area contributed by atoms with Crippen molar-refractivity contribution in [3.8, 4) is 0 Å². The van der Waals surface area contributed by atoms with Crippen molar-refractivity contribution in [2.45, 2.75) is 12.8 Å². The zero-order valence-electron chi connectivity index (χ0n) is 12.3. The Morgan fingerprint density at radius 1 is 0.565 bits per heavy atom. The molecular weight excluding hydrogens is 358 g/mol. The predicted molar refractivity (Wildman–Crippen MR) is 78.9 cm³/mol. The van der Waals surface area contributed by atoms with Crippen LogP contribution in [0, 0.1) is 0 Å². The van der Waals surface area contributed by atoms with Crippen LogP contribution in [-0.2, 0) is 23.8 Å². The Balaban J connectivity index is 3.35. The maximum atomic E-state index is 10.9. The predicted octanol–water partition coefficient (Wildman–Crippen LogP) is -1.65. The van der Waals surface area contributed by atoms with Crippen LogP contribution in [-0.4, -0.2) is 80.1 Å². The van der Waals surface area contributed by atoms with Crippen molar-refractivity contribution < 1.29 is 53.2 Å². The monoisotopic (exact) mass is 380 g/mol. The lowest BCUT2D eigenvalue weighted by Gasteiger charge is -2.06. The van der Waals surface area contributed by atoms with E-state index in [0.717, 1.165) is 0 Å². The first-order valence-electron chi connectivity index (χ1n) is 6.49. The molecule has 136 valence electrons. The fraction of sp³-hybridized carbons (Fsp3) is 0.800. The number of hydrogen-bond acceptors (Lipinski definition) is 11. The Kier molecular flexibility index (Phi) is 11.3. The Bertz CT molecular complexity index is 329. The summed E-state index contributed by atoms with van der Waals surface area (Å²) < 4.78 is 15.0. The standard InChI is InChI=1S/C10H22O11P2/c11-9(22(13,14)15)1-3-19-5-7-21-8-6-20-4-2-10(12)23(16,17)18/h13-18H,1-8H2/q+2. The van der Waals surface area contributed by atoms with Gasteiger partial charge in [-0.2, -0.15) is 29.4 Å². The van der Waals surface area contributed by atoms with Crippen LogP contribution in [0.3, 0.4) is 0 Å². The fourth-order valence-electron chi connectivity index (χ4n) is 1.16. The molecule has 0 heterocycles. The number of rotatable bonds is 14. The summed E-state index contributed by atoms with van der Waals surface area (Å²) in [6, 6.07) is 0. The maximum Gasteiger partial charge on any atom is 0.478 e. The van der Waals surface area contributed by atoms with Crippen LogP contribution in [0.1, 0.15) is 12.8 Å². The zero-order valence-corrected chi connectivity index (χ0v) is 14.1. The summed E-state index contributed by atoms with van der Waals surface area (Å²) in [6.07, 6.45) is -0.641. The van der Waals surface area contributed by atoms with Gasteiger partial charge >= 0.3 is 26.9 Å². The highest BCUT2D eigenvalue weighted by Crippen LogP contribution is 2.46. The van der Waals surface area contributed by atoms with Crippen molar-refractivity contribution in [2.24, 2.45) is 0 Å². The molecule has 13 heteroatoms. The second kappa shape index (κ2) is 11.4. The number of ether oxygens (including phenoxy) is 3. The Labute approximate surface area is 133 Å². The van der Waals surface area contributed by atoms with E-state index >= 15 is 0 Å². The molecule has 0 aromatic heterocycles.